The fraction of sp³-hybridized carbons (Fsp3) is 0.519. The van der Waals surface area contributed by atoms with Crippen LogP contribution >= 0.6 is 15.9 Å². The summed E-state index contributed by atoms with van der Waals surface area (Å²) in [4.78, 5) is 23.0. The molecule has 0 aliphatic carbocycles. The van der Waals surface area contributed by atoms with Crippen molar-refractivity contribution in [2.24, 2.45) is 11.1 Å². The number of benzene rings is 1. The number of pyridine rings is 1. The predicted octanol–water partition coefficient (Wildman–Crippen LogP) is 4.46. The number of oxime groups is 1. The average molecular weight is 544 g/mol. The highest BCUT2D eigenvalue weighted by atomic mass is 79.9. The van der Waals surface area contributed by atoms with E-state index >= 15 is 0 Å². The quantitative estimate of drug-likeness (QED) is 0.242. The molecule has 8 heteroatoms. The average Bonchev–Trinajstić information content (AvgIpc) is 2.86. The summed E-state index contributed by atoms with van der Waals surface area (Å²) in [5.41, 5.74) is 4.08. The zero-order valence-electron chi connectivity index (χ0n) is 21.1. The van der Waals surface area contributed by atoms with Crippen LogP contribution in [0, 0.1) is 25.0 Å². The zero-order valence-corrected chi connectivity index (χ0v) is 22.7. The maximum Gasteiger partial charge on any atom is 0.260 e. The van der Waals surface area contributed by atoms with Gasteiger partial charge in [-0.2, -0.15) is 4.73 Å². The van der Waals surface area contributed by atoms with Gasteiger partial charge in [-0.15, -0.1) is 0 Å². The van der Waals surface area contributed by atoms with E-state index in [1.165, 1.54) is 6.20 Å². The summed E-state index contributed by atoms with van der Waals surface area (Å²) < 4.78 is 1.84. The lowest BCUT2D eigenvalue weighted by molar-refractivity contribution is -0.612. The highest BCUT2D eigenvalue weighted by molar-refractivity contribution is 9.10. The van der Waals surface area contributed by atoms with E-state index in [0.29, 0.717) is 30.3 Å². The van der Waals surface area contributed by atoms with Gasteiger partial charge in [-0.25, -0.2) is 0 Å². The van der Waals surface area contributed by atoms with Crippen molar-refractivity contribution in [3.8, 4) is 0 Å². The second-order valence-electron chi connectivity index (χ2n) is 10.0. The summed E-state index contributed by atoms with van der Waals surface area (Å²) in [5, 5.41) is 16.4. The third-order valence-electron chi connectivity index (χ3n) is 7.86. The molecule has 0 radical (unpaired) electrons. The molecule has 2 aromatic rings. The summed E-state index contributed by atoms with van der Waals surface area (Å²) in [6.45, 7) is 9.37. The molecule has 1 amide bonds. The van der Waals surface area contributed by atoms with Gasteiger partial charge >= 0.3 is 0 Å². The summed E-state index contributed by atoms with van der Waals surface area (Å²) in [6, 6.07) is 9.99. The minimum atomic E-state index is -0.0270. The predicted molar refractivity (Wildman–Crippen MR) is 140 cm³/mol. The molecule has 0 unspecified atom stereocenters. The standard InChI is InChI=1S/C27H35BrN4O3/c1-19-9-16-32(34)20(2)24(19)26(33)30-17-12-27(3,13-18-30)31-14-10-22(11-15-31)25(29-35-4)21-5-7-23(28)8-6-21/h5-9,16,22H,10-15,17-18H2,1-4H3/b29-25+. The molecule has 35 heavy (non-hydrogen) atoms. The van der Waals surface area contributed by atoms with Gasteiger partial charge in [0.1, 0.15) is 12.7 Å². The molecule has 2 aliphatic rings. The number of likely N-dealkylation sites (tertiary alicyclic amines) is 2. The molecule has 4 rings (SSSR count). The van der Waals surface area contributed by atoms with Gasteiger partial charge in [-0.05, 0) is 75.9 Å². The van der Waals surface area contributed by atoms with Crippen LogP contribution in [0.3, 0.4) is 0 Å². The number of carbonyl (C=O) groups excluding carboxylic acids is 1. The molecule has 2 aliphatic heterocycles. The van der Waals surface area contributed by atoms with Crippen molar-refractivity contribution in [1.82, 2.24) is 9.80 Å². The Bertz CT molecular complexity index is 1090. The number of halogens is 1. The Morgan fingerprint density at radius 3 is 2.34 bits per heavy atom. The molecule has 0 atom stereocenters. The van der Waals surface area contributed by atoms with Gasteiger partial charge in [0.2, 0.25) is 5.69 Å². The molecule has 188 valence electrons. The fourth-order valence-corrected chi connectivity index (χ4v) is 5.80. The van der Waals surface area contributed by atoms with Gasteiger partial charge in [0.25, 0.3) is 5.91 Å². The Hall–Kier alpha value is -2.45. The lowest BCUT2D eigenvalue weighted by atomic mass is 9.82. The van der Waals surface area contributed by atoms with E-state index in [0.717, 1.165) is 64.8 Å². The molecule has 3 heterocycles. The zero-order chi connectivity index (χ0) is 25.2. The van der Waals surface area contributed by atoms with Crippen LogP contribution in [0.1, 0.15) is 59.8 Å². The molecule has 0 spiro atoms. The fourth-order valence-electron chi connectivity index (χ4n) is 5.53. The summed E-state index contributed by atoms with van der Waals surface area (Å²) in [6.07, 6.45) is 5.39. The van der Waals surface area contributed by atoms with Crippen LogP contribution in [-0.4, -0.2) is 60.2 Å². The van der Waals surface area contributed by atoms with Crippen LogP contribution in [0.25, 0.3) is 0 Å². The third-order valence-corrected chi connectivity index (χ3v) is 8.39. The second-order valence-corrected chi connectivity index (χ2v) is 10.9. The van der Waals surface area contributed by atoms with Crippen LogP contribution in [0.5, 0.6) is 0 Å². The molecule has 0 bridgehead atoms. The van der Waals surface area contributed by atoms with Crippen LogP contribution in [0.4, 0.5) is 0 Å². The van der Waals surface area contributed by atoms with Crippen molar-refractivity contribution in [3.63, 3.8) is 0 Å². The molecular weight excluding hydrogens is 508 g/mol. The van der Waals surface area contributed by atoms with E-state index in [9.17, 15) is 10.0 Å². The Labute approximate surface area is 216 Å². The van der Waals surface area contributed by atoms with Crippen molar-refractivity contribution in [2.45, 2.75) is 52.0 Å². The van der Waals surface area contributed by atoms with Crippen molar-refractivity contribution >= 4 is 27.5 Å². The van der Waals surface area contributed by atoms with Crippen LogP contribution in [0.15, 0.2) is 46.2 Å². The van der Waals surface area contributed by atoms with E-state index in [-0.39, 0.29) is 11.4 Å². The van der Waals surface area contributed by atoms with Crippen molar-refractivity contribution < 1.29 is 14.4 Å². The smallest absolute Gasteiger partial charge is 0.260 e. The van der Waals surface area contributed by atoms with E-state index in [1.54, 1.807) is 20.1 Å². The van der Waals surface area contributed by atoms with Gasteiger partial charge in [0, 0.05) is 42.0 Å². The maximum atomic E-state index is 13.2. The van der Waals surface area contributed by atoms with Gasteiger partial charge in [0.15, 0.2) is 6.20 Å². The first-order valence-corrected chi connectivity index (χ1v) is 13.1. The SMILES string of the molecule is CO/N=C(\c1ccc(Br)cc1)C1CCN(C2(C)CCN(C(=O)c3c(C)cc[n+]([O-])c3C)CC2)CC1. The topological polar surface area (TPSA) is 72.1 Å². The normalized spacial score (nSPS) is 19.6. The van der Waals surface area contributed by atoms with Crippen LogP contribution < -0.4 is 4.73 Å². The Morgan fingerprint density at radius 1 is 1.11 bits per heavy atom. The summed E-state index contributed by atoms with van der Waals surface area (Å²) >= 11 is 3.51. The Morgan fingerprint density at radius 2 is 1.74 bits per heavy atom. The van der Waals surface area contributed by atoms with E-state index < -0.39 is 0 Å². The number of aryl methyl sites for hydroxylation is 1. The lowest BCUT2D eigenvalue weighted by Gasteiger charge is -2.49. The molecule has 0 saturated carbocycles. The monoisotopic (exact) mass is 542 g/mol. The second kappa shape index (κ2) is 10.7. The molecule has 2 fully saturated rings. The first-order valence-electron chi connectivity index (χ1n) is 12.3. The van der Waals surface area contributed by atoms with E-state index in [1.807, 2.05) is 24.0 Å². The molecular formula is C27H35BrN4O3. The number of hydrogen-bond acceptors (Lipinski definition) is 5. The number of rotatable bonds is 5. The first-order chi connectivity index (χ1) is 16.7. The molecule has 1 aromatic heterocycles. The minimum Gasteiger partial charge on any atom is -0.618 e. The number of nitrogens with zero attached hydrogens (tertiary/aromatic N) is 4. The highest BCUT2D eigenvalue weighted by Crippen LogP contribution is 2.34. The number of aromatic nitrogens is 1. The minimum absolute atomic E-state index is 0.0270. The van der Waals surface area contributed by atoms with Gasteiger partial charge in [-0.3, -0.25) is 9.69 Å². The number of hydrogen-bond donors (Lipinski definition) is 0. The Kier molecular flexibility index (Phi) is 7.81. The number of amides is 1. The summed E-state index contributed by atoms with van der Waals surface area (Å²) in [5.74, 6) is 0.335. The number of carbonyl (C=O) groups is 1. The Balaban J connectivity index is 1.38. The molecule has 7 nitrogen and oxygen atoms in total. The van der Waals surface area contributed by atoms with Crippen molar-refractivity contribution in [3.05, 3.63) is 68.6 Å². The van der Waals surface area contributed by atoms with Crippen molar-refractivity contribution in [1.29, 1.82) is 0 Å². The van der Waals surface area contributed by atoms with Crippen molar-refractivity contribution in [2.75, 3.05) is 33.3 Å². The van der Waals surface area contributed by atoms with Gasteiger partial charge in [-0.1, -0.05) is 33.2 Å². The van der Waals surface area contributed by atoms with Gasteiger partial charge < -0.3 is 14.9 Å². The summed E-state index contributed by atoms with van der Waals surface area (Å²) in [7, 11) is 1.61. The van der Waals surface area contributed by atoms with Crippen LogP contribution in [-0.2, 0) is 4.84 Å². The van der Waals surface area contributed by atoms with E-state index in [4.69, 9.17) is 4.84 Å². The maximum absolute atomic E-state index is 13.2. The third kappa shape index (κ3) is 5.38. The molecule has 1 aromatic carbocycles. The van der Waals surface area contributed by atoms with Crippen LogP contribution in [0.2, 0.25) is 0 Å². The highest BCUT2D eigenvalue weighted by Gasteiger charge is 2.40. The molecule has 2 saturated heterocycles. The largest absolute Gasteiger partial charge is 0.618 e. The number of piperidine rings is 2. The first kappa shape index (κ1) is 25.6. The van der Waals surface area contributed by atoms with Gasteiger partial charge in [0.05, 0.1) is 5.71 Å². The lowest BCUT2D eigenvalue weighted by Crippen LogP contribution is -2.57. The molecule has 0 N–H and O–H groups in total. The van der Waals surface area contributed by atoms with E-state index in [2.05, 4.69) is 45.0 Å².